The average Bonchev–Trinajstić information content (AvgIpc) is 2.41. The van der Waals surface area contributed by atoms with E-state index in [1.54, 1.807) is 14.0 Å². The van der Waals surface area contributed by atoms with Crippen molar-refractivity contribution in [3.63, 3.8) is 0 Å². The zero-order valence-electron chi connectivity index (χ0n) is 12.3. The quantitative estimate of drug-likeness (QED) is 0.913. The first-order valence-electron chi connectivity index (χ1n) is 6.52. The van der Waals surface area contributed by atoms with Gasteiger partial charge in [0.25, 0.3) is 0 Å². The van der Waals surface area contributed by atoms with E-state index in [0.717, 1.165) is 0 Å². The summed E-state index contributed by atoms with van der Waals surface area (Å²) < 4.78 is 24.1. The minimum atomic E-state index is -0.324. The van der Waals surface area contributed by atoms with Crippen molar-refractivity contribution < 1.29 is 13.9 Å². The minimum Gasteiger partial charge on any atom is -0.461 e. The van der Waals surface area contributed by atoms with Crippen molar-refractivity contribution in [2.75, 3.05) is 12.4 Å². The van der Waals surface area contributed by atoms with Crippen LogP contribution in [0.5, 0.6) is 17.8 Å². The lowest BCUT2D eigenvalue weighted by Crippen LogP contribution is -2.11. The molecule has 2 aromatic rings. The minimum absolute atomic E-state index is 0.0717. The summed E-state index contributed by atoms with van der Waals surface area (Å²) in [5.74, 6) is 0.478. The number of benzene rings is 1. The zero-order chi connectivity index (χ0) is 15.4. The van der Waals surface area contributed by atoms with Crippen LogP contribution in [-0.2, 0) is 0 Å². The van der Waals surface area contributed by atoms with Gasteiger partial charge >= 0.3 is 12.0 Å². The van der Waals surface area contributed by atoms with Crippen molar-refractivity contribution >= 4 is 5.95 Å². The van der Waals surface area contributed by atoms with E-state index < -0.39 is 0 Å². The van der Waals surface area contributed by atoms with Crippen LogP contribution in [0.1, 0.15) is 19.4 Å². The maximum Gasteiger partial charge on any atom is 0.330 e. The Morgan fingerprint density at radius 3 is 2.48 bits per heavy atom. The Morgan fingerprint density at radius 2 is 1.86 bits per heavy atom. The van der Waals surface area contributed by atoms with Gasteiger partial charge in [-0.1, -0.05) is 0 Å². The molecule has 0 saturated carbocycles. The molecule has 2 rings (SSSR count). The first-order chi connectivity index (χ1) is 9.97. The summed E-state index contributed by atoms with van der Waals surface area (Å²) in [6.45, 7) is 5.48. The molecule has 0 unspecified atom stereocenters. The Hall–Kier alpha value is -2.44. The number of ether oxygens (including phenoxy) is 2. The van der Waals surface area contributed by atoms with Crippen LogP contribution in [-0.4, -0.2) is 28.1 Å². The van der Waals surface area contributed by atoms with Crippen LogP contribution in [0.25, 0.3) is 0 Å². The second-order valence-electron chi connectivity index (χ2n) is 4.65. The molecule has 112 valence electrons. The van der Waals surface area contributed by atoms with E-state index in [2.05, 4.69) is 20.3 Å². The van der Waals surface area contributed by atoms with Gasteiger partial charge in [-0.25, -0.2) is 4.39 Å². The van der Waals surface area contributed by atoms with Crippen LogP contribution in [0.3, 0.4) is 0 Å². The average molecular weight is 292 g/mol. The van der Waals surface area contributed by atoms with Crippen molar-refractivity contribution in [1.29, 1.82) is 0 Å². The SMILES string of the molecule is CNc1nc(Oc2ccc(F)cc2C)nc(OC(C)C)n1. The highest BCUT2D eigenvalue weighted by Crippen LogP contribution is 2.24. The van der Waals surface area contributed by atoms with Crippen molar-refractivity contribution in [3.05, 3.63) is 29.6 Å². The topological polar surface area (TPSA) is 69.2 Å². The summed E-state index contributed by atoms with van der Waals surface area (Å²) in [5, 5.41) is 2.81. The monoisotopic (exact) mass is 292 g/mol. The summed E-state index contributed by atoms with van der Waals surface area (Å²) in [6, 6.07) is 4.46. The van der Waals surface area contributed by atoms with Gasteiger partial charge in [-0.15, -0.1) is 4.98 Å². The maximum absolute atomic E-state index is 13.1. The van der Waals surface area contributed by atoms with E-state index in [1.807, 2.05) is 13.8 Å². The Balaban J connectivity index is 2.29. The molecule has 1 heterocycles. The van der Waals surface area contributed by atoms with Gasteiger partial charge in [-0.3, -0.25) is 0 Å². The van der Waals surface area contributed by atoms with E-state index >= 15 is 0 Å². The molecule has 0 radical (unpaired) electrons. The summed E-state index contributed by atoms with van der Waals surface area (Å²) in [4.78, 5) is 12.2. The highest BCUT2D eigenvalue weighted by molar-refractivity contribution is 5.35. The molecule has 0 aliphatic rings. The molecule has 1 aromatic carbocycles. The van der Waals surface area contributed by atoms with Crippen molar-refractivity contribution in [1.82, 2.24) is 15.0 Å². The van der Waals surface area contributed by atoms with Gasteiger partial charge < -0.3 is 14.8 Å². The van der Waals surface area contributed by atoms with Gasteiger partial charge in [0.15, 0.2) is 0 Å². The fraction of sp³-hybridized carbons (Fsp3) is 0.357. The molecule has 1 aromatic heterocycles. The van der Waals surface area contributed by atoms with Gasteiger partial charge in [0.05, 0.1) is 6.10 Å². The number of aromatic nitrogens is 3. The number of aryl methyl sites for hydroxylation is 1. The molecule has 0 bridgehead atoms. The molecule has 0 spiro atoms. The third-order valence-corrected chi connectivity index (χ3v) is 2.50. The molecule has 0 aliphatic heterocycles. The van der Waals surface area contributed by atoms with Crippen LogP contribution in [0.2, 0.25) is 0 Å². The second-order valence-corrected chi connectivity index (χ2v) is 4.65. The highest BCUT2D eigenvalue weighted by Gasteiger charge is 2.11. The van der Waals surface area contributed by atoms with Gasteiger partial charge in [-0.2, -0.15) is 9.97 Å². The Kier molecular flexibility index (Phi) is 4.52. The van der Waals surface area contributed by atoms with Crippen LogP contribution < -0.4 is 14.8 Å². The van der Waals surface area contributed by atoms with Crippen LogP contribution >= 0.6 is 0 Å². The second kappa shape index (κ2) is 6.34. The predicted molar refractivity (Wildman–Crippen MR) is 76.3 cm³/mol. The first kappa shape index (κ1) is 15.0. The summed E-state index contributed by atoms with van der Waals surface area (Å²) in [6.07, 6.45) is -0.0717. The molecule has 0 fully saturated rings. The van der Waals surface area contributed by atoms with Crippen molar-refractivity contribution in [2.24, 2.45) is 0 Å². The summed E-state index contributed by atoms with van der Waals surface area (Å²) in [7, 11) is 1.68. The lowest BCUT2D eigenvalue weighted by Gasteiger charge is -2.11. The van der Waals surface area contributed by atoms with Gasteiger partial charge in [0, 0.05) is 7.05 Å². The third-order valence-electron chi connectivity index (χ3n) is 2.50. The normalized spacial score (nSPS) is 10.6. The van der Waals surface area contributed by atoms with Gasteiger partial charge in [0.2, 0.25) is 5.95 Å². The predicted octanol–water partition coefficient (Wildman–Crippen LogP) is 2.94. The molecule has 21 heavy (non-hydrogen) atoms. The van der Waals surface area contributed by atoms with Crippen molar-refractivity contribution in [3.8, 4) is 17.8 Å². The zero-order valence-corrected chi connectivity index (χ0v) is 12.3. The van der Waals surface area contributed by atoms with Gasteiger partial charge in [0.1, 0.15) is 11.6 Å². The van der Waals surface area contributed by atoms with Gasteiger partial charge in [-0.05, 0) is 44.5 Å². The van der Waals surface area contributed by atoms with Crippen LogP contribution in [0.15, 0.2) is 18.2 Å². The van der Waals surface area contributed by atoms with E-state index in [9.17, 15) is 4.39 Å². The Morgan fingerprint density at radius 1 is 1.14 bits per heavy atom. The molecule has 6 nitrogen and oxygen atoms in total. The smallest absolute Gasteiger partial charge is 0.330 e. The Bertz CT molecular complexity index is 634. The lowest BCUT2D eigenvalue weighted by atomic mass is 10.2. The molecule has 1 N–H and O–H groups in total. The molecular weight excluding hydrogens is 275 g/mol. The fourth-order valence-corrected chi connectivity index (χ4v) is 1.58. The fourth-order valence-electron chi connectivity index (χ4n) is 1.58. The molecule has 0 amide bonds. The van der Waals surface area contributed by atoms with E-state index in [1.165, 1.54) is 18.2 Å². The maximum atomic E-state index is 13.1. The Labute approximate surface area is 122 Å². The lowest BCUT2D eigenvalue weighted by molar-refractivity contribution is 0.218. The standard InChI is InChI=1S/C14H17FN4O2/c1-8(2)20-13-17-12(16-4)18-14(19-13)21-11-6-5-10(15)7-9(11)3/h5-8H,1-4H3,(H,16,17,18,19). The third kappa shape index (κ3) is 4.01. The molecular formula is C14H17FN4O2. The number of rotatable bonds is 5. The number of nitrogens with zero attached hydrogens (tertiary/aromatic N) is 3. The van der Waals surface area contributed by atoms with E-state index in [-0.39, 0.29) is 23.9 Å². The first-order valence-corrected chi connectivity index (χ1v) is 6.52. The molecule has 0 atom stereocenters. The van der Waals surface area contributed by atoms with Crippen LogP contribution in [0.4, 0.5) is 10.3 Å². The van der Waals surface area contributed by atoms with Crippen LogP contribution in [0, 0.1) is 12.7 Å². The molecule has 0 saturated heterocycles. The van der Waals surface area contributed by atoms with E-state index in [4.69, 9.17) is 9.47 Å². The number of halogens is 1. The van der Waals surface area contributed by atoms with E-state index in [0.29, 0.717) is 17.3 Å². The summed E-state index contributed by atoms with van der Waals surface area (Å²) >= 11 is 0. The molecule has 0 aliphatic carbocycles. The summed E-state index contributed by atoms with van der Waals surface area (Å²) in [5.41, 5.74) is 0.646. The van der Waals surface area contributed by atoms with Crippen molar-refractivity contribution in [2.45, 2.75) is 26.9 Å². The number of hydrogen-bond acceptors (Lipinski definition) is 6. The number of anilines is 1. The molecule has 7 heteroatoms. The number of nitrogens with one attached hydrogen (secondary N) is 1. The highest BCUT2D eigenvalue weighted by atomic mass is 19.1. The largest absolute Gasteiger partial charge is 0.461 e. The number of hydrogen-bond donors (Lipinski definition) is 1.